The molecule has 1 N–H and O–H groups in total. The monoisotopic (exact) mass is 232 g/mol. The van der Waals surface area contributed by atoms with Gasteiger partial charge in [-0.05, 0) is 18.1 Å². The van der Waals surface area contributed by atoms with Crippen LogP contribution in [0, 0.1) is 5.82 Å². The Labute approximate surface area is 79.4 Å². The average molecular weight is 233 g/mol. The van der Waals surface area contributed by atoms with Crippen LogP contribution in [0.15, 0.2) is 18.2 Å². The lowest BCUT2D eigenvalue weighted by Crippen LogP contribution is -1.93. The molecule has 0 bridgehead atoms. The maximum atomic E-state index is 13.0. The van der Waals surface area contributed by atoms with Gasteiger partial charge in [0.1, 0.15) is 5.82 Å². The Hall–Kier alpha value is -0.410. The highest BCUT2D eigenvalue weighted by Gasteiger charge is 2.01. The van der Waals surface area contributed by atoms with Gasteiger partial charge in [-0.1, -0.05) is 28.1 Å². The third kappa shape index (κ3) is 2.29. The van der Waals surface area contributed by atoms with E-state index in [9.17, 15) is 4.39 Å². The Kier molecular flexibility index (Phi) is 3.69. The highest BCUT2D eigenvalue weighted by molar-refractivity contribution is 9.09. The molecule has 3 heteroatoms. The molecular weight excluding hydrogens is 223 g/mol. The molecule has 0 unspecified atom stereocenters. The molecular formula is C9H10BrFO. The highest BCUT2D eigenvalue weighted by atomic mass is 79.9. The van der Waals surface area contributed by atoms with E-state index in [0.29, 0.717) is 5.56 Å². The van der Waals surface area contributed by atoms with Crippen molar-refractivity contribution in [3.63, 3.8) is 0 Å². The number of hydrogen-bond acceptors (Lipinski definition) is 1. The van der Waals surface area contributed by atoms with Gasteiger partial charge in [-0.15, -0.1) is 0 Å². The minimum absolute atomic E-state index is 0.236. The summed E-state index contributed by atoms with van der Waals surface area (Å²) in [5, 5.41) is 9.51. The van der Waals surface area contributed by atoms with Crippen LogP contribution in [0.5, 0.6) is 0 Å². The van der Waals surface area contributed by atoms with Gasteiger partial charge in [0.05, 0.1) is 6.61 Å². The van der Waals surface area contributed by atoms with Gasteiger partial charge in [-0.25, -0.2) is 4.39 Å². The van der Waals surface area contributed by atoms with Gasteiger partial charge in [-0.2, -0.15) is 0 Å². The molecule has 0 aliphatic heterocycles. The van der Waals surface area contributed by atoms with Crippen LogP contribution in [0.3, 0.4) is 0 Å². The third-order valence-electron chi connectivity index (χ3n) is 1.67. The van der Waals surface area contributed by atoms with Crippen LogP contribution >= 0.6 is 15.9 Å². The Bertz CT molecular complexity index is 263. The van der Waals surface area contributed by atoms with Crippen molar-refractivity contribution in [3.05, 3.63) is 35.1 Å². The second-order valence-electron chi connectivity index (χ2n) is 2.52. The van der Waals surface area contributed by atoms with Gasteiger partial charge >= 0.3 is 0 Å². The van der Waals surface area contributed by atoms with E-state index in [1.807, 2.05) is 6.07 Å². The fourth-order valence-corrected chi connectivity index (χ4v) is 1.44. The van der Waals surface area contributed by atoms with Gasteiger partial charge in [0.15, 0.2) is 0 Å². The molecule has 0 amide bonds. The number of benzene rings is 1. The highest BCUT2D eigenvalue weighted by Crippen LogP contribution is 2.11. The summed E-state index contributed by atoms with van der Waals surface area (Å²) in [6.07, 6.45) is 0.808. The Morgan fingerprint density at radius 3 is 2.67 bits per heavy atom. The van der Waals surface area contributed by atoms with E-state index < -0.39 is 0 Å². The summed E-state index contributed by atoms with van der Waals surface area (Å²) in [5.41, 5.74) is 1.30. The molecule has 1 aromatic carbocycles. The van der Waals surface area contributed by atoms with Crippen LogP contribution in [0.4, 0.5) is 4.39 Å². The zero-order valence-corrected chi connectivity index (χ0v) is 8.14. The van der Waals surface area contributed by atoms with E-state index in [1.165, 1.54) is 6.07 Å². The lowest BCUT2D eigenvalue weighted by molar-refractivity contribution is 0.275. The van der Waals surface area contributed by atoms with E-state index in [0.717, 1.165) is 17.3 Å². The molecule has 0 saturated carbocycles. The molecule has 0 aliphatic carbocycles. The van der Waals surface area contributed by atoms with Crippen LogP contribution in [-0.4, -0.2) is 10.4 Å². The Morgan fingerprint density at radius 1 is 1.42 bits per heavy atom. The summed E-state index contributed by atoms with van der Waals surface area (Å²) in [6.45, 7) is -0.236. The first-order valence-electron chi connectivity index (χ1n) is 3.72. The second-order valence-corrected chi connectivity index (χ2v) is 3.32. The van der Waals surface area contributed by atoms with Crippen molar-refractivity contribution in [3.8, 4) is 0 Å². The number of aryl methyl sites for hydroxylation is 1. The molecule has 66 valence electrons. The van der Waals surface area contributed by atoms with Crippen LogP contribution < -0.4 is 0 Å². The fourth-order valence-electron chi connectivity index (χ4n) is 0.984. The molecule has 0 heterocycles. The number of rotatable bonds is 3. The van der Waals surface area contributed by atoms with Crippen molar-refractivity contribution in [1.82, 2.24) is 0 Å². The summed E-state index contributed by atoms with van der Waals surface area (Å²) in [7, 11) is 0. The van der Waals surface area contributed by atoms with E-state index in [-0.39, 0.29) is 12.4 Å². The first kappa shape index (κ1) is 9.68. The lowest BCUT2D eigenvalue weighted by atomic mass is 10.1. The quantitative estimate of drug-likeness (QED) is 0.794. The number of aliphatic hydroxyl groups is 1. The fraction of sp³-hybridized carbons (Fsp3) is 0.333. The molecule has 1 nitrogen and oxygen atoms in total. The van der Waals surface area contributed by atoms with Crippen molar-refractivity contribution in [2.45, 2.75) is 13.0 Å². The molecule has 0 spiro atoms. The molecule has 0 atom stereocenters. The van der Waals surface area contributed by atoms with E-state index in [2.05, 4.69) is 15.9 Å². The SMILES string of the molecule is OCc1ccc(CCBr)cc1F. The van der Waals surface area contributed by atoms with E-state index >= 15 is 0 Å². The third-order valence-corrected chi connectivity index (χ3v) is 2.07. The molecule has 0 saturated heterocycles. The predicted octanol–water partition coefficient (Wildman–Crippen LogP) is 2.26. The molecule has 0 radical (unpaired) electrons. The zero-order chi connectivity index (χ0) is 8.97. The minimum atomic E-state index is -0.323. The van der Waals surface area contributed by atoms with Crippen LogP contribution in [-0.2, 0) is 13.0 Å². The first-order chi connectivity index (χ1) is 5.77. The van der Waals surface area contributed by atoms with Crippen molar-refractivity contribution in [1.29, 1.82) is 0 Å². The maximum absolute atomic E-state index is 13.0. The lowest BCUT2D eigenvalue weighted by Gasteiger charge is -2.01. The summed E-state index contributed by atoms with van der Waals surface area (Å²) in [6, 6.07) is 4.91. The van der Waals surface area contributed by atoms with Gasteiger partial charge < -0.3 is 5.11 Å². The normalized spacial score (nSPS) is 10.2. The number of alkyl halides is 1. The smallest absolute Gasteiger partial charge is 0.128 e. The van der Waals surface area contributed by atoms with E-state index in [4.69, 9.17) is 5.11 Å². The molecule has 1 aromatic rings. The van der Waals surface area contributed by atoms with Gasteiger partial charge in [0.25, 0.3) is 0 Å². The minimum Gasteiger partial charge on any atom is -0.392 e. The number of aliphatic hydroxyl groups excluding tert-OH is 1. The standard InChI is InChI=1S/C9H10BrFO/c10-4-3-7-1-2-8(6-12)9(11)5-7/h1-2,5,12H,3-4,6H2. The zero-order valence-electron chi connectivity index (χ0n) is 6.56. The van der Waals surface area contributed by atoms with Gasteiger partial charge in [0, 0.05) is 10.9 Å². The first-order valence-corrected chi connectivity index (χ1v) is 4.84. The number of halogens is 2. The number of hydrogen-bond donors (Lipinski definition) is 1. The van der Waals surface area contributed by atoms with Gasteiger partial charge in [-0.3, -0.25) is 0 Å². The molecule has 0 aromatic heterocycles. The largest absolute Gasteiger partial charge is 0.392 e. The molecule has 0 aliphatic rings. The maximum Gasteiger partial charge on any atom is 0.128 e. The molecule has 12 heavy (non-hydrogen) atoms. The average Bonchev–Trinajstić information content (AvgIpc) is 2.05. The molecule has 0 fully saturated rings. The second kappa shape index (κ2) is 4.58. The van der Waals surface area contributed by atoms with Crippen molar-refractivity contribution in [2.75, 3.05) is 5.33 Å². The van der Waals surface area contributed by atoms with E-state index in [1.54, 1.807) is 6.07 Å². The van der Waals surface area contributed by atoms with Crippen LogP contribution in [0.1, 0.15) is 11.1 Å². The summed E-state index contributed by atoms with van der Waals surface area (Å²) < 4.78 is 13.0. The Morgan fingerprint density at radius 2 is 2.17 bits per heavy atom. The van der Waals surface area contributed by atoms with Crippen molar-refractivity contribution in [2.24, 2.45) is 0 Å². The Balaban J connectivity index is 2.86. The van der Waals surface area contributed by atoms with Crippen molar-refractivity contribution >= 4 is 15.9 Å². The van der Waals surface area contributed by atoms with Crippen LogP contribution in [0.2, 0.25) is 0 Å². The summed E-state index contributed by atoms with van der Waals surface area (Å²) >= 11 is 3.27. The summed E-state index contributed by atoms with van der Waals surface area (Å²) in [5.74, 6) is -0.323. The summed E-state index contributed by atoms with van der Waals surface area (Å²) in [4.78, 5) is 0. The predicted molar refractivity (Wildman–Crippen MR) is 49.8 cm³/mol. The van der Waals surface area contributed by atoms with Crippen LogP contribution in [0.25, 0.3) is 0 Å². The molecule has 1 rings (SSSR count). The van der Waals surface area contributed by atoms with Crippen molar-refractivity contribution < 1.29 is 9.50 Å². The van der Waals surface area contributed by atoms with Gasteiger partial charge in [0.2, 0.25) is 0 Å². The topological polar surface area (TPSA) is 20.2 Å².